The monoisotopic (exact) mass is 920 g/mol. The Bertz CT molecular complexity index is 1310. The van der Waals surface area contributed by atoms with E-state index < -0.39 is 81.8 Å². The molecule has 0 fully saturated rings. The highest BCUT2D eigenvalue weighted by molar-refractivity contribution is 8.00. The lowest BCUT2D eigenvalue weighted by Gasteiger charge is -2.22. The number of carboxylic acid groups (broad SMARTS) is 1. The molecule has 0 amide bonds. The number of carbonyl (C=O) groups excluding carboxylic acids is 2. The maximum absolute atomic E-state index is 13.0. The summed E-state index contributed by atoms with van der Waals surface area (Å²) in [5.74, 6) is -1.61. The molecule has 62 heavy (non-hydrogen) atoms. The van der Waals surface area contributed by atoms with Gasteiger partial charge in [-0.15, -0.1) is 11.8 Å². The van der Waals surface area contributed by atoms with Gasteiger partial charge in [-0.25, -0.2) is 4.57 Å². The molecule has 14 nitrogen and oxygen atoms in total. The first-order chi connectivity index (χ1) is 29.7. The molecular weight excluding hydrogens is 838 g/mol. The van der Waals surface area contributed by atoms with Gasteiger partial charge in [-0.2, -0.15) is 0 Å². The van der Waals surface area contributed by atoms with Crippen molar-refractivity contribution in [1.82, 2.24) is 0 Å². The summed E-state index contributed by atoms with van der Waals surface area (Å²) < 4.78 is 32.8. The third-order valence-corrected chi connectivity index (χ3v) is 12.4. The molecule has 7 atom stereocenters. The summed E-state index contributed by atoms with van der Waals surface area (Å²) in [6.07, 6.45) is 31.2. The number of hydrogen-bond donors (Lipinski definition) is 6. The maximum atomic E-state index is 13.0. The highest BCUT2D eigenvalue weighted by Crippen LogP contribution is 2.43. The van der Waals surface area contributed by atoms with Gasteiger partial charge in [0.1, 0.15) is 18.8 Å². The van der Waals surface area contributed by atoms with Crippen molar-refractivity contribution in [3.05, 3.63) is 48.6 Å². The molecule has 0 saturated heterocycles. The number of aliphatic hydroxyl groups is 3. The lowest BCUT2D eigenvalue weighted by molar-refractivity contribution is -0.161. The van der Waals surface area contributed by atoms with Gasteiger partial charge in [0.05, 0.1) is 25.9 Å². The number of phosphoric ester groups is 1. The number of nitrogens with two attached hydrogens (primary N) is 1. The van der Waals surface area contributed by atoms with Crippen LogP contribution in [0.2, 0.25) is 0 Å². The fourth-order valence-corrected chi connectivity index (χ4v) is 7.85. The second-order valence-corrected chi connectivity index (χ2v) is 18.5. The summed E-state index contributed by atoms with van der Waals surface area (Å²) in [4.78, 5) is 46.8. The van der Waals surface area contributed by atoms with Crippen LogP contribution in [-0.2, 0) is 37.5 Å². The van der Waals surface area contributed by atoms with E-state index in [1.54, 1.807) is 18.2 Å². The third kappa shape index (κ3) is 37.1. The Morgan fingerprint density at radius 2 is 1.40 bits per heavy atom. The van der Waals surface area contributed by atoms with Crippen molar-refractivity contribution in [2.75, 3.05) is 32.2 Å². The van der Waals surface area contributed by atoms with Gasteiger partial charge in [0, 0.05) is 23.8 Å². The number of allylic oxidation sites excluding steroid dienone is 7. The number of rotatable bonds is 42. The van der Waals surface area contributed by atoms with Crippen LogP contribution in [0.4, 0.5) is 0 Å². The third-order valence-electron chi connectivity index (χ3n) is 10.0. The minimum atomic E-state index is -4.75. The predicted molar refractivity (Wildman–Crippen MR) is 248 cm³/mol. The number of thioether (sulfide) groups is 1. The summed E-state index contributed by atoms with van der Waals surface area (Å²) in [5.41, 5.74) is 6.16. The van der Waals surface area contributed by atoms with Crippen molar-refractivity contribution < 1.29 is 62.8 Å². The van der Waals surface area contributed by atoms with Gasteiger partial charge in [-0.3, -0.25) is 23.4 Å². The van der Waals surface area contributed by atoms with E-state index in [1.165, 1.54) is 76.0 Å². The first-order valence-electron chi connectivity index (χ1n) is 22.9. The summed E-state index contributed by atoms with van der Waals surface area (Å²) in [7, 11) is -4.75. The van der Waals surface area contributed by atoms with E-state index in [0.717, 1.165) is 44.4 Å². The first kappa shape index (κ1) is 59.7. The van der Waals surface area contributed by atoms with Crippen molar-refractivity contribution in [2.24, 2.45) is 11.7 Å². The number of aliphatic hydroxyl groups excluding tert-OH is 3. The van der Waals surface area contributed by atoms with Gasteiger partial charge in [-0.05, 0) is 44.4 Å². The Balaban J connectivity index is 5.19. The fourth-order valence-electron chi connectivity index (χ4n) is 5.94. The van der Waals surface area contributed by atoms with Gasteiger partial charge < -0.3 is 40.5 Å². The number of carbonyl (C=O) groups is 3. The zero-order valence-electron chi connectivity index (χ0n) is 37.9. The predicted octanol–water partition coefficient (Wildman–Crippen LogP) is 8.90. The van der Waals surface area contributed by atoms with Crippen LogP contribution in [-0.4, -0.2) is 105 Å². The van der Waals surface area contributed by atoms with Crippen LogP contribution in [0.25, 0.3) is 0 Å². The lowest BCUT2D eigenvalue weighted by Crippen LogP contribution is -2.38. The summed E-state index contributed by atoms with van der Waals surface area (Å²) in [6, 6.07) is -1.17. The molecule has 0 aliphatic rings. The number of ether oxygens (including phenoxy) is 2. The van der Waals surface area contributed by atoms with E-state index in [1.807, 2.05) is 18.2 Å². The van der Waals surface area contributed by atoms with Crippen molar-refractivity contribution in [3.63, 3.8) is 0 Å². The van der Waals surface area contributed by atoms with Crippen LogP contribution < -0.4 is 5.73 Å². The number of aliphatic carboxylic acids is 1. The molecular formula is C46H82NO13PS. The van der Waals surface area contributed by atoms with Crippen LogP contribution in [0.15, 0.2) is 48.6 Å². The largest absolute Gasteiger partial charge is 0.481 e. The highest BCUT2D eigenvalue weighted by atomic mass is 32.2. The average Bonchev–Trinajstić information content (AvgIpc) is 3.24. The van der Waals surface area contributed by atoms with Crippen molar-refractivity contribution in [1.29, 1.82) is 0 Å². The van der Waals surface area contributed by atoms with Gasteiger partial charge >= 0.3 is 25.7 Å². The number of carboxylic acids is 1. The summed E-state index contributed by atoms with van der Waals surface area (Å²) in [6.45, 7) is 4.09. The molecule has 360 valence electrons. The van der Waals surface area contributed by atoms with Crippen molar-refractivity contribution in [2.45, 2.75) is 185 Å². The highest BCUT2D eigenvalue weighted by Gasteiger charge is 2.28. The second kappa shape index (κ2) is 40.2. The Labute approximate surface area is 376 Å². The Morgan fingerprint density at radius 3 is 2.05 bits per heavy atom. The standard InChI is InChI=1S/C46H82NO13PS/c1-4-6-7-8-9-10-11-12-16-19-22-25-30-43(42(50)29-27-31-44(51)52)62-37-41(47)46(54)57-35-40(36-59-61(55,56)58-34-39(49)33-48)60-45(53)32-26-23-20-17-14-13-15-18-21-24-28-38(3)5-2/h9-10,12,16,19,22,25,30,38-43,48-50H,4-8,11,13-15,17-18,20-21,23-24,26-29,31-37,47H2,1-3H3,(H,51,52)(H,55,56)/b10-9-,16-12-,22-19+,30-25+/t38?,39-,40+,41-,42-,43+/m0/s1. The zero-order chi connectivity index (χ0) is 46.3. The molecule has 2 unspecified atom stereocenters. The Kier molecular flexibility index (Phi) is 38.7. The topological polar surface area (TPSA) is 232 Å². The number of phosphoric acid groups is 1. The van der Waals surface area contributed by atoms with Gasteiger partial charge in [0.25, 0.3) is 0 Å². The molecule has 7 N–H and O–H groups in total. The fraction of sp³-hybridized carbons (Fsp3) is 0.761. The van der Waals surface area contributed by atoms with Crippen molar-refractivity contribution in [3.8, 4) is 0 Å². The lowest BCUT2D eigenvalue weighted by atomic mass is 9.99. The molecule has 0 aliphatic heterocycles. The maximum Gasteiger partial charge on any atom is 0.472 e. The normalized spacial score (nSPS) is 16.1. The molecule has 0 aromatic carbocycles. The Hall–Kier alpha value is -2.33. The molecule has 0 bridgehead atoms. The zero-order valence-corrected chi connectivity index (χ0v) is 39.6. The molecule has 0 spiro atoms. The second-order valence-electron chi connectivity index (χ2n) is 15.9. The molecule has 0 aliphatic carbocycles. The van der Waals surface area contributed by atoms with Gasteiger partial charge in [0.15, 0.2) is 6.10 Å². The molecule has 0 aromatic rings. The number of hydrogen-bond acceptors (Lipinski definition) is 13. The van der Waals surface area contributed by atoms with Crippen LogP contribution in [0.5, 0.6) is 0 Å². The SMILES string of the molecule is CCCCC/C=C\C\C=C/C=C/C=C/[C@@H](SC[C@H](N)C(=O)OC[C@H](COP(=O)(O)OC[C@@H](O)CO)OC(=O)CCCCCCCCCCCCC(C)CC)[C@@H](O)CCCC(=O)O. The molecule has 0 aromatic heterocycles. The molecule has 16 heteroatoms. The van der Waals surface area contributed by atoms with Crippen LogP contribution in [0.3, 0.4) is 0 Å². The minimum absolute atomic E-state index is 0.0181. The number of esters is 2. The molecule has 0 rings (SSSR count). The first-order valence-corrected chi connectivity index (χ1v) is 25.5. The van der Waals surface area contributed by atoms with Crippen LogP contribution in [0, 0.1) is 5.92 Å². The van der Waals surface area contributed by atoms with Crippen LogP contribution >= 0.6 is 19.6 Å². The van der Waals surface area contributed by atoms with Crippen molar-refractivity contribution >= 4 is 37.5 Å². The minimum Gasteiger partial charge on any atom is -0.481 e. The summed E-state index contributed by atoms with van der Waals surface area (Å²) >= 11 is 1.19. The van der Waals surface area contributed by atoms with Gasteiger partial charge in [-0.1, -0.05) is 153 Å². The van der Waals surface area contributed by atoms with E-state index in [-0.39, 0.29) is 31.4 Å². The smallest absolute Gasteiger partial charge is 0.472 e. The Morgan fingerprint density at radius 1 is 0.758 bits per heavy atom. The van der Waals surface area contributed by atoms with Crippen LogP contribution in [0.1, 0.15) is 156 Å². The van der Waals surface area contributed by atoms with Gasteiger partial charge in [0.2, 0.25) is 0 Å². The summed E-state index contributed by atoms with van der Waals surface area (Å²) in [5, 5.41) is 37.8. The van der Waals surface area contributed by atoms with E-state index in [2.05, 4.69) is 37.4 Å². The van der Waals surface area contributed by atoms with E-state index in [0.29, 0.717) is 6.42 Å². The quantitative estimate of drug-likeness (QED) is 0.0110. The van der Waals surface area contributed by atoms with E-state index in [9.17, 15) is 34.1 Å². The van der Waals surface area contributed by atoms with E-state index in [4.69, 9.17) is 29.9 Å². The number of unbranched alkanes of at least 4 members (excludes halogenated alkanes) is 12. The molecule has 0 saturated carbocycles. The molecule has 0 radical (unpaired) electrons. The van der Waals surface area contributed by atoms with E-state index >= 15 is 0 Å². The average molecular weight is 920 g/mol. The molecule has 0 heterocycles.